The monoisotopic (exact) mass is 330 g/mol. The Kier molecular flexibility index (Phi) is 5.07. The van der Waals surface area contributed by atoms with E-state index in [9.17, 15) is 4.79 Å². The van der Waals surface area contributed by atoms with Crippen molar-refractivity contribution in [3.8, 4) is 0 Å². The van der Waals surface area contributed by atoms with Crippen LogP contribution in [0.2, 0.25) is 0 Å². The van der Waals surface area contributed by atoms with Gasteiger partial charge in [0.15, 0.2) is 5.78 Å². The molecular weight excluding hydrogens is 316 g/mol. The lowest BCUT2D eigenvalue weighted by Crippen LogP contribution is -2.03. The summed E-state index contributed by atoms with van der Waals surface area (Å²) in [5.41, 5.74) is 2.49. The molecule has 3 nitrogen and oxygen atoms in total. The second-order valence-corrected chi connectivity index (χ2v) is 5.17. The number of carbonyl (C=O) groups excluding carboxylic acids is 1. The highest BCUT2D eigenvalue weighted by atomic mass is 79.9. The van der Waals surface area contributed by atoms with Gasteiger partial charge in [0.2, 0.25) is 0 Å². The third kappa shape index (κ3) is 4.03. The number of carbonyl (C=O) groups is 1. The van der Waals surface area contributed by atoms with Crippen molar-refractivity contribution in [1.82, 2.24) is 4.98 Å². The van der Waals surface area contributed by atoms with Crippen LogP contribution in [-0.4, -0.2) is 10.8 Å². The Hall–Kier alpha value is -1.94. The van der Waals surface area contributed by atoms with Crippen LogP contribution in [0.5, 0.6) is 0 Å². The number of benzene rings is 1. The molecule has 0 radical (unpaired) electrons. The molecule has 1 aromatic carbocycles. The van der Waals surface area contributed by atoms with Crippen molar-refractivity contribution in [3.63, 3.8) is 0 Å². The molecule has 0 unspecified atom stereocenters. The lowest BCUT2D eigenvalue weighted by atomic mass is 10.1. The number of pyridine rings is 1. The summed E-state index contributed by atoms with van der Waals surface area (Å²) in [7, 11) is 0. The predicted octanol–water partition coefficient (Wildman–Crippen LogP) is 4.43. The van der Waals surface area contributed by atoms with Crippen LogP contribution in [0, 0.1) is 0 Å². The molecule has 2 aromatic rings. The summed E-state index contributed by atoms with van der Waals surface area (Å²) in [4.78, 5) is 16.0. The van der Waals surface area contributed by atoms with Crippen molar-refractivity contribution in [2.75, 3.05) is 5.32 Å². The highest BCUT2D eigenvalue weighted by molar-refractivity contribution is 9.10. The Bertz CT molecular complexity index is 606. The van der Waals surface area contributed by atoms with Crippen molar-refractivity contribution >= 4 is 27.4 Å². The number of nitrogens with one attached hydrogen (secondary N) is 1. The van der Waals surface area contributed by atoms with E-state index in [1.807, 2.05) is 31.2 Å². The molecule has 1 N–H and O–H groups in total. The zero-order valence-corrected chi connectivity index (χ0v) is 12.7. The normalized spacial score (nSPS) is 11.2. The summed E-state index contributed by atoms with van der Waals surface area (Å²) < 4.78 is 1.03. The average Bonchev–Trinajstić information content (AvgIpc) is 2.49. The van der Waals surface area contributed by atoms with Gasteiger partial charge in [-0.2, -0.15) is 0 Å². The van der Waals surface area contributed by atoms with Gasteiger partial charge in [-0.25, -0.2) is 0 Å². The highest BCUT2D eigenvalue weighted by Gasteiger charge is 2.04. The minimum absolute atomic E-state index is 0.0196. The molecule has 1 heterocycles. The van der Waals surface area contributed by atoms with Gasteiger partial charge in [-0.3, -0.25) is 9.78 Å². The number of rotatable bonds is 5. The van der Waals surface area contributed by atoms with Crippen molar-refractivity contribution in [1.29, 1.82) is 0 Å². The molecule has 0 atom stereocenters. The molecule has 0 aliphatic rings. The first-order valence-corrected chi connectivity index (χ1v) is 7.16. The standard InChI is InChI=1S/C16H15BrN2O/c1-2-14(19-15-5-3-13(17)4-6-15)11-16(20)12-7-9-18-10-8-12/h3-11,19H,2H2,1H3. The van der Waals surface area contributed by atoms with Gasteiger partial charge in [0.05, 0.1) is 0 Å². The summed E-state index contributed by atoms with van der Waals surface area (Å²) in [6.45, 7) is 2.01. The second kappa shape index (κ2) is 7.01. The van der Waals surface area contributed by atoms with E-state index in [2.05, 4.69) is 26.2 Å². The number of aromatic nitrogens is 1. The van der Waals surface area contributed by atoms with Crippen molar-refractivity contribution in [2.45, 2.75) is 13.3 Å². The minimum Gasteiger partial charge on any atom is -0.359 e. The van der Waals surface area contributed by atoms with Crippen LogP contribution in [0.4, 0.5) is 5.69 Å². The maximum Gasteiger partial charge on any atom is 0.187 e. The van der Waals surface area contributed by atoms with Gasteiger partial charge in [0, 0.05) is 39.9 Å². The van der Waals surface area contributed by atoms with Crippen LogP contribution in [0.25, 0.3) is 0 Å². The van der Waals surface area contributed by atoms with E-state index >= 15 is 0 Å². The zero-order chi connectivity index (χ0) is 14.4. The third-order valence-corrected chi connectivity index (χ3v) is 3.33. The predicted molar refractivity (Wildman–Crippen MR) is 84.7 cm³/mol. The molecule has 0 saturated carbocycles. The smallest absolute Gasteiger partial charge is 0.187 e. The van der Waals surface area contributed by atoms with E-state index in [1.165, 1.54) is 0 Å². The highest BCUT2D eigenvalue weighted by Crippen LogP contribution is 2.17. The topological polar surface area (TPSA) is 42.0 Å². The molecule has 0 aliphatic heterocycles. The fourth-order valence-electron chi connectivity index (χ4n) is 1.70. The van der Waals surface area contributed by atoms with Gasteiger partial charge in [-0.1, -0.05) is 22.9 Å². The Balaban J connectivity index is 2.13. The molecule has 0 amide bonds. The molecular formula is C16H15BrN2O. The molecule has 1 aromatic heterocycles. The molecule has 0 bridgehead atoms. The quantitative estimate of drug-likeness (QED) is 0.651. The van der Waals surface area contributed by atoms with Crippen molar-refractivity contribution in [2.24, 2.45) is 0 Å². The first kappa shape index (κ1) is 14.5. The fraction of sp³-hybridized carbons (Fsp3) is 0.125. The number of nitrogens with zero attached hydrogens (tertiary/aromatic N) is 1. The summed E-state index contributed by atoms with van der Waals surface area (Å²) in [6.07, 6.45) is 5.63. The van der Waals surface area contributed by atoms with Crippen LogP contribution < -0.4 is 5.32 Å². The molecule has 4 heteroatoms. The van der Waals surface area contributed by atoms with E-state index in [0.29, 0.717) is 5.56 Å². The van der Waals surface area contributed by atoms with Crippen LogP contribution in [0.1, 0.15) is 23.7 Å². The minimum atomic E-state index is -0.0196. The maximum atomic E-state index is 12.1. The van der Waals surface area contributed by atoms with Crippen LogP contribution in [-0.2, 0) is 0 Å². The van der Waals surface area contributed by atoms with E-state index in [4.69, 9.17) is 0 Å². The fourth-order valence-corrected chi connectivity index (χ4v) is 1.97. The van der Waals surface area contributed by atoms with Crippen molar-refractivity contribution in [3.05, 3.63) is 70.6 Å². The summed E-state index contributed by atoms with van der Waals surface area (Å²) in [5.74, 6) is -0.0196. The average molecular weight is 331 g/mol. The largest absolute Gasteiger partial charge is 0.359 e. The third-order valence-electron chi connectivity index (χ3n) is 2.80. The van der Waals surface area contributed by atoms with Gasteiger partial charge in [-0.05, 0) is 42.8 Å². The molecule has 102 valence electrons. The lowest BCUT2D eigenvalue weighted by molar-refractivity contribution is 0.104. The molecule has 0 aliphatic carbocycles. The number of anilines is 1. The molecule has 0 spiro atoms. The van der Waals surface area contributed by atoms with Gasteiger partial charge in [0.25, 0.3) is 0 Å². The van der Waals surface area contributed by atoms with Crippen molar-refractivity contribution < 1.29 is 4.79 Å². The van der Waals surface area contributed by atoms with Crippen LogP contribution in [0.3, 0.4) is 0 Å². The Labute approximate surface area is 126 Å². The van der Waals surface area contributed by atoms with Gasteiger partial charge in [-0.15, -0.1) is 0 Å². The number of halogens is 1. The van der Waals surface area contributed by atoms with Crippen LogP contribution in [0.15, 0.2) is 65.0 Å². The lowest BCUT2D eigenvalue weighted by Gasteiger charge is -2.09. The molecule has 0 saturated heterocycles. The Morgan fingerprint density at radius 3 is 2.45 bits per heavy atom. The SMILES string of the molecule is CCC(=CC(=O)c1ccncc1)Nc1ccc(Br)cc1. The Morgan fingerprint density at radius 2 is 1.85 bits per heavy atom. The second-order valence-electron chi connectivity index (χ2n) is 4.26. The summed E-state index contributed by atoms with van der Waals surface area (Å²) >= 11 is 3.40. The number of allylic oxidation sites excluding steroid dienone is 2. The van der Waals surface area contributed by atoms with E-state index in [0.717, 1.165) is 22.3 Å². The first-order valence-electron chi connectivity index (χ1n) is 6.36. The maximum absolute atomic E-state index is 12.1. The molecule has 20 heavy (non-hydrogen) atoms. The Morgan fingerprint density at radius 1 is 1.20 bits per heavy atom. The van der Waals surface area contributed by atoms with E-state index < -0.39 is 0 Å². The van der Waals surface area contributed by atoms with Gasteiger partial charge in [0.1, 0.15) is 0 Å². The van der Waals surface area contributed by atoms with E-state index in [1.54, 1.807) is 30.6 Å². The van der Waals surface area contributed by atoms with E-state index in [-0.39, 0.29) is 5.78 Å². The number of hydrogen-bond donors (Lipinski definition) is 1. The van der Waals surface area contributed by atoms with Gasteiger partial charge < -0.3 is 5.32 Å². The van der Waals surface area contributed by atoms with Gasteiger partial charge >= 0.3 is 0 Å². The molecule has 2 rings (SSSR count). The molecule has 0 fully saturated rings. The number of hydrogen-bond acceptors (Lipinski definition) is 3. The first-order chi connectivity index (χ1) is 9.69. The van der Waals surface area contributed by atoms with Crippen LogP contribution >= 0.6 is 15.9 Å². The summed E-state index contributed by atoms with van der Waals surface area (Å²) in [6, 6.07) is 11.3. The number of ketones is 1. The summed E-state index contributed by atoms with van der Waals surface area (Å²) in [5, 5.41) is 3.26. The zero-order valence-electron chi connectivity index (χ0n) is 11.1.